The summed E-state index contributed by atoms with van der Waals surface area (Å²) < 4.78 is 0. The van der Waals surface area contributed by atoms with Crippen LogP contribution in [0.1, 0.15) is 64.7 Å². The first-order valence-electron chi connectivity index (χ1n) is 10.4. The molecule has 0 N–H and O–H groups in total. The van der Waals surface area contributed by atoms with Gasteiger partial charge in [0.15, 0.2) is 5.82 Å². The van der Waals surface area contributed by atoms with E-state index in [-0.39, 0.29) is 17.9 Å². The third kappa shape index (κ3) is 3.78. The number of hydrogen-bond acceptors (Lipinski definition) is 7. The van der Waals surface area contributed by atoms with Crippen LogP contribution in [0.2, 0.25) is 0 Å². The Hall–Kier alpha value is -2.55. The summed E-state index contributed by atoms with van der Waals surface area (Å²) in [6.45, 7) is 5.38. The van der Waals surface area contributed by atoms with Gasteiger partial charge in [0.1, 0.15) is 10.7 Å². The molecule has 2 aromatic rings. The van der Waals surface area contributed by atoms with Crippen molar-refractivity contribution in [1.82, 2.24) is 24.8 Å². The summed E-state index contributed by atoms with van der Waals surface area (Å²) in [5.74, 6) is 1.64. The lowest BCUT2D eigenvalue weighted by Crippen LogP contribution is -2.40. The van der Waals surface area contributed by atoms with E-state index >= 15 is 0 Å². The minimum absolute atomic E-state index is 0.0233. The first-order valence-corrected chi connectivity index (χ1v) is 11.3. The zero-order valence-electron chi connectivity index (χ0n) is 18.0. The van der Waals surface area contributed by atoms with Crippen molar-refractivity contribution < 1.29 is 9.59 Å². The van der Waals surface area contributed by atoms with E-state index in [0.29, 0.717) is 36.8 Å². The summed E-state index contributed by atoms with van der Waals surface area (Å²) in [4.78, 5) is 45.7. The highest BCUT2D eigenvalue weighted by Gasteiger charge is 2.34. The lowest BCUT2D eigenvalue weighted by Gasteiger charge is -2.36. The third-order valence-electron chi connectivity index (χ3n) is 5.93. The Morgan fingerprint density at radius 1 is 1.20 bits per heavy atom. The summed E-state index contributed by atoms with van der Waals surface area (Å²) in [7, 11) is 3.92. The van der Waals surface area contributed by atoms with Crippen LogP contribution >= 0.6 is 11.3 Å². The number of hydrogen-bond donors (Lipinski definition) is 0. The van der Waals surface area contributed by atoms with E-state index in [1.807, 2.05) is 35.7 Å². The molecule has 4 rings (SSSR count). The first kappa shape index (κ1) is 20.7. The molecule has 0 aromatic carbocycles. The molecule has 0 bridgehead atoms. The van der Waals surface area contributed by atoms with Crippen LogP contribution in [0.25, 0.3) is 0 Å². The van der Waals surface area contributed by atoms with Crippen LogP contribution in [0.4, 0.5) is 5.82 Å². The van der Waals surface area contributed by atoms with Crippen molar-refractivity contribution in [2.24, 2.45) is 0 Å². The van der Waals surface area contributed by atoms with E-state index in [1.54, 1.807) is 12.4 Å². The van der Waals surface area contributed by atoms with Gasteiger partial charge in [-0.3, -0.25) is 9.59 Å². The predicted molar refractivity (Wildman–Crippen MR) is 116 cm³/mol. The molecule has 0 radical (unpaired) electrons. The molecular weight excluding hydrogens is 400 g/mol. The number of thiazole rings is 1. The number of carbonyl (C=O) groups is 2. The number of aryl methyl sites for hydroxylation is 1. The Labute approximate surface area is 180 Å². The number of piperidine rings is 1. The summed E-state index contributed by atoms with van der Waals surface area (Å²) in [5, 5.41) is 0. The third-order valence-corrected chi connectivity index (χ3v) is 6.84. The number of anilines is 1. The first-order chi connectivity index (χ1) is 14.4. The summed E-state index contributed by atoms with van der Waals surface area (Å²) in [6, 6.07) is -0.136. The standard InChI is InChI=1S/C21H28N6O2S/c1-13-18(30-12-22-13)21(29)27-9-6-5-7-17(27)19-23-16-8-10-26(14(2)28)11-15(16)20(24-19)25(3)4/h12,17H,5-11H2,1-4H3/t17-/m1/s1. The average molecular weight is 429 g/mol. The fourth-order valence-corrected chi connectivity index (χ4v) is 5.04. The van der Waals surface area contributed by atoms with Crippen LogP contribution < -0.4 is 4.90 Å². The molecule has 0 spiro atoms. The van der Waals surface area contributed by atoms with Crippen molar-refractivity contribution in [3.05, 3.63) is 33.2 Å². The largest absolute Gasteiger partial charge is 0.362 e. The molecule has 2 aromatic heterocycles. The van der Waals surface area contributed by atoms with E-state index in [2.05, 4.69) is 4.98 Å². The zero-order valence-corrected chi connectivity index (χ0v) is 18.8. The van der Waals surface area contributed by atoms with Crippen molar-refractivity contribution in [3.8, 4) is 0 Å². The second-order valence-corrected chi connectivity index (χ2v) is 9.05. The van der Waals surface area contributed by atoms with Crippen LogP contribution in [-0.4, -0.2) is 63.8 Å². The molecule has 0 unspecified atom stereocenters. The summed E-state index contributed by atoms with van der Waals surface area (Å²) >= 11 is 1.39. The average Bonchev–Trinajstić information content (AvgIpc) is 3.17. The number of rotatable bonds is 3. The summed E-state index contributed by atoms with van der Waals surface area (Å²) in [6.07, 6.45) is 3.60. The smallest absolute Gasteiger partial charge is 0.266 e. The minimum atomic E-state index is -0.136. The molecule has 2 aliphatic heterocycles. The minimum Gasteiger partial charge on any atom is -0.362 e. The van der Waals surface area contributed by atoms with Gasteiger partial charge in [-0.05, 0) is 26.2 Å². The molecule has 1 atom stereocenters. The molecule has 1 saturated heterocycles. The zero-order chi connectivity index (χ0) is 21.4. The maximum absolute atomic E-state index is 13.3. The van der Waals surface area contributed by atoms with Gasteiger partial charge in [0.2, 0.25) is 5.91 Å². The monoisotopic (exact) mass is 428 g/mol. The van der Waals surface area contributed by atoms with Gasteiger partial charge in [-0.25, -0.2) is 15.0 Å². The van der Waals surface area contributed by atoms with Crippen molar-refractivity contribution in [3.63, 3.8) is 0 Å². The Balaban J connectivity index is 1.72. The lowest BCUT2D eigenvalue weighted by molar-refractivity contribution is -0.129. The molecular formula is C21H28N6O2S. The van der Waals surface area contributed by atoms with Gasteiger partial charge in [0, 0.05) is 46.1 Å². The van der Waals surface area contributed by atoms with Gasteiger partial charge in [0.05, 0.1) is 29.5 Å². The number of likely N-dealkylation sites (tertiary alicyclic amines) is 1. The van der Waals surface area contributed by atoms with Crippen LogP contribution in [0.15, 0.2) is 5.51 Å². The second-order valence-electron chi connectivity index (χ2n) is 8.19. The molecule has 9 heteroatoms. The van der Waals surface area contributed by atoms with Crippen molar-refractivity contribution in [2.45, 2.75) is 52.1 Å². The lowest BCUT2D eigenvalue weighted by atomic mass is 9.99. The fraction of sp³-hybridized carbons (Fsp3) is 0.571. The number of fused-ring (bicyclic) bond motifs is 1. The normalized spacial score (nSPS) is 18.9. The number of carbonyl (C=O) groups excluding carboxylic acids is 2. The molecule has 1 fully saturated rings. The Kier molecular flexibility index (Phi) is 5.73. The van der Waals surface area contributed by atoms with E-state index in [4.69, 9.17) is 9.97 Å². The van der Waals surface area contributed by atoms with Gasteiger partial charge in [0.25, 0.3) is 5.91 Å². The van der Waals surface area contributed by atoms with Gasteiger partial charge in [-0.1, -0.05) is 0 Å². The highest BCUT2D eigenvalue weighted by Crippen LogP contribution is 2.34. The Morgan fingerprint density at radius 3 is 2.67 bits per heavy atom. The molecule has 2 aliphatic rings. The molecule has 2 amide bonds. The SMILES string of the molecule is CC(=O)N1CCc2nc([C@H]3CCCCN3C(=O)c3scnc3C)nc(N(C)C)c2C1. The highest BCUT2D eigenvalue weighted by molar-refractivity contribution is 7.11. The quantitative estimate of drug-likeness (QED) is 0.747. The van der Waals surface area contributed by atoms with Gasteiger partial charge >= 0.3 is 0 Å². The Morgan fingerprint density at radius 2 is 2.00 bits per heavy atom. The number of aromatic nitrogens is 3. The number of nitrogens with zero attached hydrogens (tertiary/aromatic N) is 6. The van der Waals surface area contributed by atoms with Crippen LogP contribution in [0, 0.1) is 6.92 Å². The summed E-state index contributed by atoms with van der Waals surface area (Å²) in [5.41, 5.74) is 4.51. The molecule has 0 saturated carbocycles. The van der Waals surface area contributed by atoms with Crippen molar-refractivity contribution >= 4 is 29.0 Å². The van der Waals surface area contributed by atoms with E-state index in [0.717, 1.165) is 42.0 Å². The molecule has 4 heterocycles. The maximum Gasteiger partial charge on any atom is 0.266 e. The van der Waals surface area contributed by atoms with Crippen LogP contribution in [0.5, 0.6) is 0 Å². The molecule has 0 aliphatic carbocycles. The molecule has 30 heavy (non-hydrogen) atoms. The van der Waals surface area contributed by atoms with Crippen LogP contribution in [-0.2, 0) is 17.8 Å². The van der Waals surface area contributed by atoms with Crippen molar-refractivity contribution in [2.75, 3.05) is 32.1 Å². The Bertz CT molecular complexity index is 972. The van der Waals surface area contributed by atoms with Gasteiger partial charge in [-0.15, -0.1) is 11.3 Å². The predicted octanol–water partition coefficient (Wildman–Crippen LogP) is 2.58. The van der Waals surface area contributed by atoms with Crippen molar-refractivity contribution in [1.29, 1.82) is 0 Å². The topological polar surface area (TPSA) is 82.5 Å². The number of amides is 2. The maximum atomic E-state index is 13.3. The van der Waals surface area contributed by atoms with E-state index < -0.39 is 0 Å². The van der Waals surface area contributed by atoms with E-state index in [9.17, 15) is 9.59 Å². The van der Waals surface area contributed by atoms with Gasteiger partial charge in [-0.2, -0.15) is 0 Å². The second kappa shape index (κ2) is 8.29. The van der Waals surface area contributed by atoms with Gasteiger partial charge < -0.3 is 14.7 Å². The van der Waals surface area contributed by atoms with E-state index in [1.165, 1.54) is 11.3 Å². The fourth-order valence-electron chi connectivity index (χ4n) is 4.28. The molecule has 8 nitrogen and oxygen atoms in total. The van der Waals surface area contributed by atoms with Crippen LogP contribution in [0.3, 0.4) is 0 Å². The highest BCUT2D eigenvalue weighted by atomic mass is 32.1. The molecule has 160 valence electrons.